The standard InChI is InChI=1S/C23H23N5O5S/c1-23(2,14-32-18-10-6-9-17-20(18)21(24)28-34(30,31)27-17)26-22(29)15-11-12-25-19(13-15)33-16-7-4-3-5-8-16/h3-13,27H,14H2,1-2H3,(H2,24,28)(H,26,29). The van der Waals surface area contributed by atoms with Gasteiger partial charge in [0.1, 0.15) is 18.1 Å². The van der Waals surface area contributed by atoms with E-state index in [1.54, 1.807) is 56.3 Å². The first-order chi connectivity index (χ1) is 16.1. The van der Waals surface area contributed by atoms with Crippen LogP contribution in [0.2, 0.25) is 0 Å². The molecule has 0 atom stereocenters. The Morgan fingerprint density at radius 3 is 2.65 bits per heavy atom. The van der Waals surface area contributed by atoms with Gasteiger partial charge in [-0.1, -0.05) is 24.3 Å². The van der Waals surface area contributed by atoms with Crippen molar-refractivity contribution in [2.24, 2.45) is 10.1 Å². The summed E-state index contributed by atoms with van der Waals surface area (Å²) < 4.78 is 40.9. The molecule has 176 valence electrons. The molecule has 0 saturated carbocycles. The number of para-hydroxylation sites is 1. The largest absolute Gasteiger partial charge is 0.490 e. The molecule has 2 heterocycles. The molecule has 0 bridgehead atoms. The number of hydrogen-bond donors (Lipinski definition) is 3. The predicted molar refractivity (Wildman–Crippen MR) is 128 cm³/mol. The van der Waals surface area contributed by atoms with Crippen molar-refractivity contribution >= 4 is 27.6 Å². The number of nitrogens with zero attached hydrogens (tertiary/aromatic N) is 2. The Balaban J connectivity index is 1.44. The highest BCUT2D eigenvalue weighted by atomic mass is 32.2. The molecular formula is C23H23N5O5S. The number of ether oxygens (including phenoxy) is 2. The van der Waals surface area contributed by atoms with Gasteiger partial charge in [0, 0.05) is 17.8 Å². The second-order valence-corrected chi connectivity index (χ2v) is 9.49. The highest BCUT2D eigenvalue weighted by Gasteiger charge is 2.27. The first-order valence-electron chi connectivity index (χ1n) is 10.3. The minimum Gasteiger partial charge on any atom is -0.490 e. The van der Waals surface area contributed by atoms with E-state index in [0.29, 0.717) is 28.5 Å². The second kappa shape index (κ2) is 9.02. The fourth-order valence-electron chi connectivity index (χ4n) is 3.23. The maximum absolute atomic E-state index is 12.9. The average molecular weight is 482 g/mol. The lowest BCUT2D eigenvalue weighted by molar-refractivity contribution is 0.0880. The van der Waals surface area contributed by atoms with Crippen LogP contribution in [0.5, 0.6) is 17.4 Å². The molecular weight excluding hydrogens is 458 g/mol. The zero-order valence-corrected chi connectivity index (χ0v) is 19.3. The van der Waals surface area contributed by atoms with Crippen molar-refractivity contribution in [3.63, 3.8) is 0 Å². The molecule has 10 nitrogen and oxygen atoms in total. The van der Waals surface area contributed by atoms with Crippen molar-refractivity contribution in [2.75, 3.05) is 11.3 Å². The number of benzene rings is 2. The average Bonchev–Trinajstić information content (AvgIpc) is 2.77. The SMILES string of the molecule is CC(C)(COc1cccc2c1C(N)=NS(=O)(=O)N2)NC(=O)c1ccnc(Oc2ccccc2)c1. The Morgan fingerprint density at radius 1 is 1.12 bits per heavy atom. The highest BCUT2D eigenvalue weighted by Crippen LogP contribution is 2.31. The molecule has 11 heteroatoms. The fourth-order valence-corrected chi connectivity index (χ4v) is 4.07. The van der Waals surface area contributed by atoms with Gasteiger partial charge in [0.15, 0.2) is 5.84 Å². The number of rotatable bonds is 7. The summed E-state index contributed by atoms with van der Waals surface area (Å²) in [7, 11) is -3.89. The van der Waals surface area contributed by atoms with Gasteiger partial charge in [-0.25, -0.2) is 4.98 Å². The lowest BCUT2D eigenvalue weighted by Gasteiger charge is -2.27. The lowest BCUT2D eigenvalue weighted by Crippen LogP contribution is -2.48. The summed E-state index contributed by atoms with van der Waals surface area (Å²) in [5, 5.41) is 2.92. The normalized spacial score (nSPS) is 14.2. The summed E-state index contributed by atoms with van der Waals surface area (Å²) >= 11 is 0. The van der Waals surface area contributed by atoms with E-state index in [9.17, 15) is 13.2 Å². The zero-order chi connectivity index (χ0) is 24.3. The maximum Gasteiger partial charge on any atom is 0.344 e. The van der Waals surface area contributed by atoms with Gasteiger partial charge in [-0.3, -0.25) is 9.52 Å². The van der Waals surface area contributed by atoms with E-state index in [1.165, 1.54) is 6.20 Å². The minimum atomic E-state index is -3.89. The molecule has 34 heavy (non-hydrogen) atoms. The van der Waals surface area contributed by atoms with E-state index in [2.05, 4.69) is 19.4 Å². The Bertz CT molecular complexity index is 1360. The van der Waals surface area contributed by atoms with Crippen LogP contribution >= 0.6 is 0 Å². The molecule has 0 saturated heterocycles. The summed E-state index contributed by atoms with van der Waals surface area (Å²) in [6.07, 6.45) is 1.50. The van der Waals surface area contributed by atoms with Crippen LogP contribution in [0.15, 0.2) is 71.3 Å². The fraction of sp³-hybridized carbons (Fsp3) is 0.174. The highest BCUT2D eigenvalue weighted by molar-refractivity contribution is 7.91. The second-order valence-electron chi connectivity index (χ2n) is 8.16. The van der Waals surface area contributed by atoms with Crippen molar-refractivity contribution in [2.45, 2.75) is 19.4 Å². The van der Waals surface area contributed by atoms with Gasteiger partial charge in [-0.05, 0) is 44.2 Å². The molecule has 0 radical (unpaired) electrons. The van der Waals surface area contributed by atoms with Gasteiger partial charge < -0.3 is 20.5 Å². The lowest BCUT2D eigenvalue weighted by atomic mass is 10.1. The summed E-state index contributed by atoms with van der Waals surface area (Å²) in [6, 6.07) is 17.1. The number of nitrogens with one attached hydrogen (secondary N) is 2. The van der Waals surface area contributed by atoms with Crippen molar-refractivity contribution in [1.29, 1.82) is 0 Å². The van der Waals surface area contributed by atoms with Crippen LogP contribution in [0.1, 0.15) is 29.8 Å². The third kappa shape index (κ3) is 5.44. The van der Waals surface area contributed by atoms with Crippen LogP contribution < -0.4 is 25.2 Å². The van der Waals surface area contributed by atoms with E-state index < -0.39 is 15.7 Å². The number of anilines is 1. The van der Waals surface area contributed by atoms with Crippen LogP contribution in [-0.2, 0) is 10.2 Å². The monoisotopic (exact) mass is 481 g/mol. The van der Waals surface area contributed by atoms with Crippen molar-refractivity contribution in [3.05, 3.63) is 78.0 Å². The Labute approximate surface area is 197 Å². The molecule has 0 unspecified atom stereocenters. The number of pyridine rings is 1. The van der Waals surface area contributed by atoms with Crippen molar-refractivity contribution in [1.82, 2.24) is 10.3 Å². The third-order valence-corrected chi connectivity index (χ3v) is 5.66. The summed E-state index contributed by atoms with van der Waals surface area (Å²) in [5.41, 5.74) is 6.05. The first-order valence-corrected chi connectivity index (χ1v) is 11.7. The maximum atomic E-state index is 12.9. The van der Waals surface area contributed by atoms with Crippen molar-refractivity contribution in [3.8, 4) is 17.4 Å². The molecule has 0 spiro atoms. The third-order valence-electron chi connectivity index (χ3n) is 4.74. The number of carbonyl (C=O) groups is 1. The molecule has 3 aromatic rings. The van der Waals surface area contributed by atoms with Crippen LogP contribution in [0.4, 0.5) is 5.69 Å². The smallest absolute Gasteiger partial charge is 0.344 e. The molecule has 1 aliphatic heterocycles. The summed E-state index contributed by atoms with van der Waals surface area (Å²) in [4.78, 5) is 17.0. The molecule has 0 fully saturated rings. The quantitative estimate of drug-likeness (QED) is 0.470. The minimum absolute atomic E-state index is 0.0771. The van der Waals surface area contributed by atoms with E-state index in [1.807, 2.05) is 18.2 Å². The Kier molecular flexibility index (Phi) is 6.12. The van der Waals surface area contributed by atoms with Gasteiger partial charge in [-0.15, -0.1) is 4.40 Å². The number of aromatic nitrogens is 1. The number of hydrogen-bond acceptors (Lipinski definition) is 7. The Hall–Kier alpha value is -4.12. The van der Waals surface area contributed by atoms with E-state index in [-0.39, 0.29) is 24.0 Å². The molecule has 1 aromatic heterocycles. The topological polar surface area (TPSA) is 145 Å². The summed E-state index contributed by atoms with van der Waals surface area (Å²) in [6.45, 7) is 3.67. The van der Waals surface area contributed by atoms with Gasteiger partial charge in [0.05, 0.1) is 16.8 Å². The molecule has 1 amide bonds. The number of fused-ring (bicyclic) bond motifs is 1. The van der Waals surface area contributed by atoms with E-state index in [0.717, 1.165) is 0 Å². The van der Waals surface area contributed by atoms with Gasteiger partial charge >= 0.3 is 10.2 Å². The van der Waals surface area contributed by atoms with Crippen LogP contribution in [-0.4, -0.2) is 37.3 Å². The van der Waals surface area contributed by atoms with Crippen LogP contribution in [0.3, 0.4) is 0 Å². The molecule has 4 N–H and O–H groups in total. The number of amides is 1. The molecule has 2 aromatic carbocycles. The van der Waals surface area contributed by atoms with Crippen LogP contribution in [0.25, 0.3) is 0 Å². The molecule has 0 aliphatic carbocycles. The number of amidine groups is 1. The first kappa shape index (κ1) is 23.1. The number of carbonyl (C=O) groups excluding carboxylic acids is 1. The zero-order valence-electron chi connectivity index (χ0n) is 18.5. The molecule has 1 aliphatic rings. The van der Waals surface area contributed by atoms with Gasteiger partial charge in [-0.2, -0.15) is 8.42 Å². The Morgan fingerprint density at radius 2 is 1.88 bits per heavy atom. The van der Waals surface area contributed by atoms with Crippen LogP contribution in [0, 0.1) is 0 Å². The van der Waals surface area contributed by atoms with E-state index in [4.69, 9.17) is 15.2 Å². The van der Waals surface area contributed by atoms with Gasteiger partial charge in [0.2, 0.25) is 5.88 Å². The van der Waals surface area contributed by atoms with Gasteiger partial charge in [0.25, 0.3) is 5.91 Å². The van der Waals surface area contributed by atoms with E-state index >= 15 is 0 Å². The molecule has 4 rings (SSSR count). The number of nitrogens with two attached hydrogens (primary N) is 1. The predicted octanol–water partition coefficient (Wildman–Crippen LogP) is 2.84. The van der Waals surface area contributed by atoms with Crippen molar-refractivity contribution < 1.29 is 22.7 Å². The summed E-state index contributed by atoms with van der Waals surface area (Å²) in [5.74, 6) is 0.733.